The van der Waals surface area contributed by atoms with Gasteiger partial charge in [0.15, 0.2) is 16.3 Å². The zero-order chi connectivity index (χ0) is 24.0. The maximum Gasteiger partial charge on any atom is 0.338 e. The number of carbonyl (C=O) groups excluding carboxylic acids is 1. The first-order chi connectivity index (χ1) is 16.4. The summed E-state index contributed by atoms with van der Waals surface area (Å²) >= 11 is 11.3. The van der Waals surface area contributed by atoms with Crippen LogP contribution in [0.15, 0.2) is 61.9 Å². The molecule has 34 heavy (non-hydrogen) atoms. The van der Waals surface area contributed by atoms with Crippen LogP contribution in [0.25, 0.3) is 6.08 Å². The predicted octanol–water partition coefficient (Wildman–Crippen LogP) is 3.94. The number of esters is 1. The molecular formula is C24H18BrClN2O5S. The van der Waals surface area contributed by atoms with Crippen LogP contribution in [-0.4, -0.2) is 23.9 Å². The van der Waals surface area contributed by atoms with Crippen LogP contribution in [0.5, 0.6) is 11.5 Å². The van der Waals surface area contributed by atoms with Gasteiger partial charge < -0.3 is 14.2 Å². The number of nitrogens with zero attached hydrogens (tertiary/aromatic N) is 2. The molecule has 0 fully saturated rings. The molecule has 0 N–H and O–H groups in total. The summed E-state index contributed by atoms with van der Waals surface area (Å²) in [7, 11) is 0. The minimum Gasteiger partial charge on any atom is -0.463 e. The maximum absolute atomic E-state index is 13.7. The monoisotopic (exact) mass is 560 g/mol. The summed E-state index contributed by atoms with van der Waals surface area (Å²) in [5.41, 5.74) is 1.87. The molecule has 174 valence electrons. The minimum atomic E-state index is -0.758. The van der Waals surface area contributed by atoms with Crippen molar-refractivity contribution in [3.63, 3.8) is 0 Å². The summed E-state index contributed by atoms with van der Waals surface area (Å²) < 4.78 is 18.9. The van der Waals surface area contributed by atoms with E-state index in [0.717, 1.165) is 10.0 Å². The normalized spacial score (nSPS) is 16.9. The number of halogens is 2. The molecular weight excluding hydrogens is 544 g/mol. The fourth-order valence-electron chi connectivity index (χ4n) is 3.97. The molecule has 5 rings (SSSR count). The van der Waals surface area contributed by atoms with Crippen LogP contribution in [0.3, 0.4) is 0 Å². The third-order valence-corrected chi connectivity index (χ3v) is 7.51. The van der Waals surface area contributed by atoms with Crippen LogP contribution in [0.2, 0.25) is 5.02 Å². The molecule has 2 aliphatic heterocycles. The molecule has 0 amide bonds. The smallest absolute Gasteiger partial charge is 0.338 e. The highest BCUT2D eigenvalue weighted by atomic mass is 79.9. The third kappa shape index (κ3) is 3.87. The number of ether oxygens (including phenoxy) is 3. The van der Waals surface area contributed by atoms with E-state index in [2.05, 4.69) is 20.9 Å². The van der Waals surface area contributed by atoms with Crippen LogP contribution < -0.4 is 24.4 Å². The molecule has 3 heterocycles. The van der Waals surface area contributed by atoms with Gasteiger partial charge in [-0.25, -0.2) is 9.79 Å². The standard InChI is InChI=1S/C24H18BrClN2O5S/c1-3-31-23(30)20-12(2)27-24-28(21(20)14-6-4-5-7-16(14)26)22(29)19(34-24)9-13-8-17-18(10-15(13)25)33-11-32-17/h4-10,21H,3,11H2,1-2H3/t21-/m1/s1. The summed E-state index contributed by atoms with van der Waals surface area (Å²) in [6.45, 7) is 3.83. The number of hydrogen-bond acceptors (Lipinski definition) is 7. The van der Waals surface area contributed by atoms with Crippen molar-refractivity contribution in [2.45, 2.75) is 19.9 Å². The van der Waals surface area contributed by atoms with Gasteiger partial charge in [0.05, 0.1) is 22.4 Å². The average Bonchev–Trinajstić information content (AvgIpc) is 3.37. The first-order valence-electron chi connectivity index (χ1n) is 10.4. The molecule has 0 unspecified atom stereocenters. The fraction of sp³-hybridized carbons (Fsp3) is 0.208. The third-order valence-electron chi connectivity index (χ3n) is 5.50. The van der Waals surface area contributed by atoms with E-state index in [1.54, 1.807) is 44.2 Å². The largest absolute Gasteiger partial charge is 0.463 e. The van der Waals surface area contributed by atoms with Crippen LogP contribution in [0.1, 0.15) is 31.0 Å². The van der Waals surface area contributed by atoms with E-state index in [1.807, 2.05) is 12.1 Å². The number of aromatic nitrogens is 1. The minimum absolute atomic E-state index is 0.154. The van der Waals surface area contributed by atoms with Gasteiger partial charge in [-0.15, -0.1) is 0 Å². The maximum atomic E-state index is 13.7. The lowest BCUT2D eigenvalue weighted by atomic mass is 9.96. The topological polar surface area (TPSA) is 79.1 Å². The van der Waals surface area contributed by atoms with Crippen molar-refractivity contribution in [1.29, 1.82) is 0 Å². The van der Waals surface area contributed by atoms with Gasteiger partial charge in [-0.3, -0.25) is 9.36 Å². The Morgan fingerprint density at radius 1 is 1.32 bits per heavy atom. The van der Waals surface area contributed by atoms with E-state index in [0.29, 0.717) is 37.1 Å². The number of fused-ring (bicyclic) bond motifs is 2. The summed E-state index contributed by atoms with van der Waals surface area (Å²) in [6.07, 6.45) is 1.77. The highest BCUT2D eigenvalue weighted by Crippen LogP contribution is 2.37. The van der Waals surface area contributed by atoms with Gasteiger partial charge in [0.2, 0.25) is 6.79 Å². The molecule has 2 aliphatic rings. The van der Waals surface area contributed by atoms with Gasteiger partial charge >= 0.3 is 5.97 Å². The van der Waals surface area contributed by atoms with Crippen molar-refractivity contribution >= 4 is 50.9 Å². The number of thiazole rings is 1. The lowest BCUT2D eigenvalue weighted by molar-refractivity contribution is -0.139. The van der Waals surface area contributed by atoms with E-state index in [9.17, 15) is 9.59 Å². The first-order valence-corrected chi connectivity index (χ1v) is 12.4. The van der Waals surface area contributed by atoms with Crippen molar-refractivity contribution in [3.8, 4) is 11.5 Å². The summed E-state index contributed by atoms with van der Waals surface area (Å²) in [6, 6.07) is 10.0. The Morgan fingerprint density at radius 3 is 2.79 bits per heavy atom. The number of rotatable bonds is 4. The van der Waals surface area contributed by atoms with E-state index in [1.165, 1.54) is 15.9 Å². The zero-order valence-corrected chi connectivity index (χ0v) is 21.3. The summed E-state index contributed by atoms with van der Waals surface area (Å²) in [5.74, 6) is 0.719. The summed E-state index contributed by atoms with van der Waals surface area (Å²) in [5, 5.41) is 0.442. The molecule has 3 aromatic rings. The van der Waals surface area contributed by atoms with Gasteiger partial charge in [-0.05, 0) is 49.2 Å². The van der Waals surface area contributed by atoms with Crippen molar-refractivity contribution in [3.05, 3.63) is 88.0 Å². The van der Waals surface area contributed by atoms with Gasteiger partial charge in [-0.1, -0.05) is 57.1 Å². The molecule has 0 saturated heterocycles. The molecule has 7 nitrogen and oxygen atoms in total. The quantitative estimate of drug-likeness (QED) is 0.451. The molecule has 0 bridgehead atoms. The van der Waals surface area contributed by atoms with E-state index >= 15 is 0 Å². The Kier molecular flexibility index (Phi) is 6.09. The van der Waals surface area contributed by atoms with Gasteiger partial charge in [0.25, 0.3) is 5.56 Å². The van der Waals surface area contributed by atoms with Crippen molar-refractivity contribution in [2.24, 2.45) is 4.99 Å². The van der Waals surface area contributed by atoms with E-state index < -0.39 is 12.0 Å². The van der Waals surface area contributed by atoms with Gasteiger partial charge in [0, 0.05) is 9.50 Å². The second-order valence-electron chi connectivity index (χ2n) is 7.55. The number of benzene rings is 2. The van der Waals surface area contributed by atoms with Gasteiger partial charge in [-0.2, -0.15) is 0 Å². The molecule has 0 spiro atoms. The Balaban J connectivity index is 1.73. The van der Waals surface area contributed by atoms with Crippen molar-refractivity contribution in [1.82, 2.24) is 4.57 Å². The van der Waals surface area contributed by atoms with Crippen molar-refractivity contribution in [2.75, 3.05) is 13.4 Å². The summed E-state index contributed by atoms with van der Waals surface area (Å²) in [4.78, 5) is 31.7. The molecule has 10 heteroatoms. The Morgan fingerprint density at radius 2 is 2.06 bits per heavy atom. The molecule has 0 radical (unpaired) electrons. The average molecular weight is 562 g/mol. The van der Waals surface area contributed by atoms with Crippen LogP contribution in [-0.2, 0) is 9.53 Å². The molecule has 2 aromatic carbocycles. The zero-order valence-electron chi connectivity index (χ0n) is 18.1. The number of hydrogen-bond donors (Lipinski definition) is 0. The van der Waals surface area contributed by atoms with Gasteiger partial charge in [0.1, 0.15) is 6.04 Å². The lowest BCUT2D eigenvalue weighted by Crippen LogP contribution is -2.40. The SMILES string of the molecule is CCOC(=O)C1=C(C)N=c2sc(=Cc3cc4c(cc3Br)OCO4)c(=O)n2[C@@H]1c1ccccc1Cl. The molecule has 1 aromatic heterocycles. The lowest BCUT2D eigenvalue weighted by Gasteiger charge is -2.25. The Hall–Kier alpha value is -2.88. The molecule has 0 aliphatic carbocycles. The van der Waals surface area contributed by atoms with E-state index in [-0.39, 0.29) is 24.5 Å². The van der Waals surface area contributed by atoms with Crippen LogP contribution in [0.4, 0.5) is 0 Å². The second kappa shape index (κ2) is 9.05. The highest BCUT2D eigenvalue weighted by Gasteiger charge is 2.34. The number of allylic oxidation sites excluding steroid dienone is 1. The van der Waals surface area contributed by atoms with Crippen LogP contribution in [0, 0.1) is 0 Å². The van der Waals surface area contributed by atoms with Crippen LogP contribution >= 0.6 is 38.9 Å². The molecule has 0 saturated carbocycles. The fourth-order valence-corrected chi connectivity index (χ4v) is 5.68. The Bertz CT molecular complexity index is 1540. The number of carbonyl (C=O) groups is 1. The molecule has 1 atom stereocenters. The van der Waals surface area contributed by atoms with Crippen molar-refractivity contribution < 1.29 is 19.0 Å². The second-order valence-corrected chi connectivity index (χ2v) is 9.82. The predicted molar refractivity (Wildman–Crippen MR) is 132 cm³/mol. The first kappa shape index (κ1) is 22.9. The van der Waals surface area contributed by atoms with E-state index in [4.69, 9.17) is 25.8 Å². The Labute approximate surface area is 211 Å². The highest BCUT2D eigenvalue weighted by molar-refractivity contribution is 9.10.